The molecule has 1 aromatic heterocycles. The first-order valence-corrected chi connectivity index (χ1v) is 8.93. The summed E-state index contributed by atoms with van der Waals surface area (Å²) in [5.41, 5.74) is 0. The SMILES string of the molecule is CC1(C)O[C@H]2[C@@H](O1)[C@@H](C/[N+]([O-])=C/c1ccc([N+](=O)[O-])o1)O[C@@H]1OC(C)(C)O[C@@H]12. The van der Waals surface area contributed by atoms with Gasteiger partial charge in [0, 0.05) is 0 Å². The second kappa shape index (κ2) is 6.49. The molecule has 3 aliphatic heterocycles. The molecule has 11 nitrogen and oxygen atoms in total. The summed E-state index contributed by atoms with van der Waals surface area (Å²) in [4.78, 5) is 10.0. The summed E-state index contributed by atoms with van der Waals surface area (Å²) in [7, 11) is 0. The van der Waals surface area contributed by atoms with Crippen LogP contribution in [0.25, 0.3) is 0 Å². The first-order chi connectivity index (χ1) is 13.0. The first kappa shape index (κ1) is 19.3. The molecule has 0 radical (unpaired) electrons. The van der Waals surface area contributed by atoms with E-state index in [1.807, 2.05) is 0 Å². The predicted octanol–water partition coefficient (Wildman–Crippen LogP) is 1.51. The van der Waals surface area contributed by atoms with Gasteiger partial charge in [0.15, 0.2) is 30.2 Å². The van der Waals surface area contributed by atoms with Gasteiger partial charge in [-0.25, -0.2) is 4.74 Å². The summed E-state index contributed by atoms with van der Waals surface area (Å²) >= 11 is 0. The van der Waals surface area contributed by atoms with E-state index in [9.17, 15) is 15.3 Å². The topological polar surface area (TPSA) is 128 Å². The maximum Gasteiger partial charge on any atom is 0.433 e. The molecule has 0 aromatic carbocycles. The summed E-state index contributed by atoms with van der Waals surface area (Å²) in [6, 6.07) is 2.53. The fourth-order valence-electron chi connectivity index (χ4n) is 3.72. The van der Waals surface area contributed by atoms with Crippen LogP contribution in [0.5, 0.6) is 0 Å². The molecule has 3 aliphatic rings. The molecule has 3 fully saturated rings. The van der Waals surface area contributed by atoms with Crippen molar-refractivity contribution in [2.24, 2.45) is 0 Å². The van der Waals surface area contributed by atoms with Crippen molar-refractivity contribution in [3.63, 3.8) is 0 Å². The normalized spacial score (nSPS) is 36.1. The Balaban J connectivity index is 1.53. The van der Waals surface area contributed by atoms with Gasteiger partial charge < -0.3 is 33.3 Å². The molecule has 0 amide bonds. The van der Waals surface area contributed by atoms with Gasteiger partial charge in [0.05, 0.1) is 6.07 Å². The lowest BCUT2D eigenvalue weighted by molar-refractivity contribution is -0.475. The molecule has 0 N–H and O–H groups in total. The molecular formula is C17H22N2O9. The van der Waals surface area contributed by atoms with E-state index in [0.717, 1.165) is 6.21 Å². The fourth-order valence-corrected chi connectivity index (χ4v) is 3.72. The number of fused-ring (bicyclic) bond motifs is 3. The van der Waals surface area contributed by atoms with Crippen LogP contribution in [0.15, 0.2) is 16.5 Å². The number of hydrogen-bond donors (Lipinski definition) is 0. The monoisotopic (exact) mass is 398 g/mol. The molecule has 0 spiro atoms. The zero-order valence-electron chi connectivity index (χ0n) is 15.9. The van der Waals surface area contributed by atoms with Crippen molar-refractivity contribution in [1.29, 1.82) is 0 Å². The number of rotatable bonds is 4. The number of hydroxylamine groups is 1. The van der Waals surface area contributed by atoms with Gasteiger partial charge in [0.1, 0.15) is 29.3 Å². The van der Waals surface area contributed by atoms with E-state index in [-0.39, 0.29) is 12.3 Å². The number of nitro groups is 1. The van der Waals surface area contributed by atoms with Crippen LogP contribution in [0, 0.1) is 15.3 Å². The highest BCUT2D eigenvalue weighted by Crippen LogP contribution is 2.44. The fraction of sp³-hybridized carbons (Fsp3) is 0.706. The van der Waals surface area contributed by atoms with Gasteiger partial charge in [-0.1, -0.05) is 0 Å². The van der Waals surface area contributed by atoms with Crippen molar-refractivity contribution in [2.45, 2.75) is 70.0 Å². The van der Waals surface area contributed by atoms with E-state index in [1.165, 1.54) is 12.1 Å². The molecule has 1 aromatic rings. The Morgan fingerprint density at radius 2 is 1.64 bits per heavy atom. The average Bonchev–Trinajstić information content (AvgIpc) is 3.21. The van der Waals surface area contributed by atoms with Crippen molar-refractivity contribution >= 4 is 12.1 Å². The second-order valence-electron chi connectivity index (χ2n) is 7.87. The molecule has 5 atom stereocenters. The average molecular weight is 398 g/mol. The Morgan fingerprint density at radius 1 is 1.00 bits per heavy atom. The number of nitrogens with zero attached hydrogens (tertiary/aromatic N) is 2. The van der Waals surface area contributed by atoms with Crippen molar-refractivity contribution in [3.8, 4) is 0 Å². The lowest BCUT2D eigenvalue weighted by atomic mass is 9.99. The lowest BCUT2D eigenvalue weighted by Crippen LogP contribution is -2.56. The van der Waals surface area contributed by atoms with E-state index < -0.39 is 53.1 Å². The van der Waals surface area contributed by atoms with Crippen LogP contribution in [-0.2, 0) is 23.7 Å². The highest BCUT2D eigenvalue weighted by atomic mass is 16.9. The van der Waals surface area contributed by atoms with Gasteiger partial charge in [-0.05, 0) is 33.8 Å². The summed E-state index contributed by atoms with van der Waals surface area (Å²) in [6.07, 6.45) is -1.71. The Hall–Kier alpha value is -2.05. The summed E-state index contributed by atoms with van der Waals surface area (Å²) in [6.45, 7) is 7.00. The van der Waals surface area contributed by atoms with Gasteiger partial charge in [0.25, 0.3) is 0 Å². The van der Waals surface area contributed by atoms with E-state index in [0.29, 0.717) is 4.74 Å². The zero-order chi connectivity index (χ0) is 20.3. The molecule has 11 heteroatoms. The molecule has 154 valence electrons. The molecule has 0 saturated carbocycles. The summed E-state index contributed by atoms with van der Waals surface area (Å²) < 4.78 is 35.1. The minimum atomic E-state index is -0.860. The van der Waals surface area contributed by atoms with Gasteiger partial charge >= 0.3 is 5.88 Å². The number of furan rings is 1. The van der Waals surface area contributed by atoms with Gasteiger partial charge in [-0.3, -0.25) is 10.1 Å². The Labute approximate surface area is 160 Å². The third kappa shape index (κ3) is 3.63. The van der Waals surface area contributed by atoms with Crippen LogP contribution in [0.1, 0.15) is 33.5 Å². The predicted molar refractivity (Wildman–Crippen MR) is 91.5 cm³/mol. The molecule has 4 heterocycles. The molecular weight excluding hydrogens is 376 g/mol. The summed E-state index contributed by atoms with van der Waals surface area (Å²) in [5, 5.41) is 23.1. The van der Waals surface area contributed by atoms with Gasteiger partial charge in [0.2, 0.25) is 6.21 Å². The Kier molecular flexibility index (Phi) is 4.47. The lowest BCUT2D eigenvalue weighted by Gasteiger charge is -2.36. The third-order valence-electron chi connectivity index (χ3n) is 4.67. The van der Waals surface area contributed by atoms with Gasteiger partial charge in [-0.2, -0.15) is 0 Å². The quantitative estimate of drug-likeness (QED) is 0.244. The van der Waals surface area contributed by atoms with E-state index in [1.54, 1.807) is 27.7 Å². The maximum absolute atomic E-state index is 12.4. The van der Waals surface area contributed by atoms with Crippen LogP contribution in [0.2, 0.25) is 0 Å². The minimum Gasteiger partial charge on any atom is -0.624 e. The van der Waals surface area contributed by atoms with Crippen LogP contribution < -0.4 is 0 Å². The van der Waals surface area contributed by atoms with Crippen molar-refractivity contribution in [3.05, 3.63) is 33.2 Å². The van der Waals surface area contributed by atoms with Crippen LogP contribution in [0.4, 0.5) is 5.88 Å². The Morgan fingerprint density at radius 3 is 2.32 bits per heavy atom. The minimum absolute atomic E-state index is 0.0671. The largest absolute Gasteiger partial charge is 0.624 e. The zero-order valence-corrected chi connectivity index (χ0v) is 15.9. The molecule has 0 unspecified atom stereocenters. The second-order valence-corrected chi connectivity index (χ2v) is 7.87. The summed E-state index contributed by atoms with van der Waals surface area (Å²) in [5.74, 6) is -2.08. The first-order valence-electron chi connectivity index (χ1n) is 8.93. The van der Waals surface area contributed by atoms with Crippen molar-refractivity contribution in [1.82, 2.24) is 0 Å². The standard InChI is InChI=1S/C17H22N2O9/c1-16(2)25-12-10(8-18(20)7-9-5-6-11(23-9)19(21)22)24-15-14(13(12)26-16)27-17(3,4)28-15/h5-7,10,12-15H,8H2,1-4H3/b18-7-/t10-,12+,13+,14-,15-/m1/s1. The molecule has 4 rings (SSSR count). The molecule has 28 heavy (non-hydrogen) atoms. The van der Waals surface area contributed by atoms with E-state index in [2.05, 4.69) is 0 Å². The van der Waals surface area contributed by atoms with Crippen LogP contribution in [-0.4, -0.2) is 64.7 Å². The smallest absolute Gasteiger partial charge is 0.433 e. The van der Waals surface area contributed by atoms with E-state index >= 15 is 0 Å². The highest BCUT2D eigenvalue weighted by molar-refractivity contribution is 5.72. The number of hydrogen-bond acceptors (Lipinski definition) is 9. The third-order valence-corrected chi connectivity index (χ3v) is 4.67. The maximum atomic E-state index is 12.4. The molecule has 0 aliphatic carbocycles. The number of ether oxygens (including phenoxy) is 5. The highest BCUT2D eigenvalue weighted by Gasteiger charge is 2.61. The van der Waals surface area contributed by atoms with Crippen molar-refractivity contribution < 1.29 is 37.8 Å². The molecule has 0 bridgehead atoms. The molecule has 3 saturated heterocycles. The van der Waals surface area contributed by atoms with Gasteiger partial charge in [-0.15, -0.1) is 0 Å². The van der Waals surface area contributed by atoms with Crippen LogP contribution >= 0.6 is 0 Å². The Bertz CT molecular complexity index is 802. The van der Waals surface area contributed by atoms with E-state index in [4.69, 9.17) is 28.1 Å². The van der Waals surface area contributed by atoms with Crippen molar-refractivity contribution in [2.75, 3.05) is 6.54 Å². The van der Waals surface area contributed by atoms with Crippen LogP contribution in [0.3, 0.4) is 0 Å².